The molecule has 3 aliphatic rings. The lowest BCUT2D eigenvalue weighted by Gasteiger charge is -2.45. The third kappa shape index (κ3) is 1.61. The minimum absolute atomic E-state index is 0.232. The van der Waals surface area contributed by atoms with E-state index >= 15 is 0 Å². The lowest BCUT2D eigenvalue weighted by Crippen LogP contribution is -2.57. The van der Waals surface area contributed by atoms with Gasteiger partial charge < -0.3 is 14.9 Å². The van der Waals surface area contributed by atoms with Crippen molar-refractivity contribution in [3.63, 3.8) is 0 Å². The highest BCUT2D eigenvalue weighted by Crippen LogP contribution is 2.58. The van der Waals surface area contributed by atoms with Crippen LogP contribution in [0.1, 0.15) is 32.1 Å². The van der Waals surface area contributed by atoms with Gasteiger partial charge >= 0.3 is 0 Å². The van der Waals surface area contributed by atoms with E-state index in [9.17, 15) is 9.90 Å². The lowest BCUT2D eigenvalue weighted by atomic mass is 9.75. The Morgan fingerprint density at radius 2 is 1.65 bits per heavy atom. The number of carbonyl (C=O) groups is 1. The molecule has 96 valence electrons. The fourth-order valence-electron chi connectivity index (χ4n) is 3.29. The molecule has 2 aliphatic heterocycles. The number of amides is 1. The molecule has 1 N–H and O–H groups in total. The van der Waals surface area contributed by atoms with Crippen LogP contribution >= 0.6 is 0 Å². The van der Waals surface area contributed by atoms with Gasteiger partial charge in [0.2, 0.25) is 5.91 Å². The zero-order valence-corrected chi connectivity index (χ0v) is 10.6. The van der Waals surface area contributed by atoms with Crippen molar-refractivity contribution in [2.75, 3.05) is 33.2 Å². The quantitative estimate of drug-likeness (QED) is 0.760. The number of hydrogen-bond acceptors (Lipinski definition) is 3. The van der Waals surface area contributed by atoms with Crippen LogP contribution in [0, 0.1) is 5.41 Å². The summed E-state index contributed by atoms with van der Waals surface area (Å²) in [5, 5.41) is 10.8. The van der Waals surface area contributed by atoms with Crippen molar-refractivity contribution in [1.82, 2.24) is 9.80 Å². The molecule has 3 fully saturated rings. The minimum Gasteiger partial charge on any atom is -0.389 e. The highest BCUT2D eigenvalue weighted by molar-refractivity contribution is 5.87. The van der Waals surface area contributed by atoms with E-state index in [2.05, 4.69) is 11.9 Å². The Kier molecular flexibility index (Phi) is 2.49. The Balaban J connectivity index is 1.75. The van der Waals surface area contributed by atoms with Crippen LogP contribution in [-0.2, 0) is 4.79 Å². The molecule has 4 heteroatoms. The third-order valence-corrected chi connectivity index (χ3v) is 5.01. The van der Waals surface area contributed by atoms with Crippen molar-refractivity contribution in [2.45, 2.75) is 37.7 Å². The van der Waals surface area contributed by atoms with Gasteiger partial charge in [0.1, 0.15) is 0 Å². The molecule has 0 spiro atoms. The number of rotatable bonds is 2. The fraction of sp³-hybridized carbons (Fsp3) is 0.923. The summed E-state index contributed by atoms with van der Waals surface area (Å²) in [6.45, 7) is 3.62. The first kappa shape index (κ1) is 11.5. The Hall–Kier alpha value is -0.610. The van der Waals surface area contributed by atoms with E-state index in [1.807, 2.05) is 4.90 Å². The van der Waals surface area contributed by atoms with Gasteiger partial charge in [0.25, 0.3) is 0 Å². The van der Waals surface area contributed by atoms with E-state index in [0.717, 1.165) is 58.3 Å². The summed E-state index contributed by atoms with van der Waals surface area (Å²) in [6, 6.07) is 0. The van der Waals surface area contributed by atoms with Crippen LogP contribution in [0.5, 0.6) is 0 Å². The predicted molar refractivity (Wildman–Crippen MR) is 64.5 cm³/mol. The first-order valence-electron chi connectivity index (χ1n) is 6.78. The van der Waals surface area contributed by atoms with Gasteiger partial charge in [-0.25, -0.2) is 0 Å². The van der Waals surface area contributed by atoms with Crippen molar-refractivity contribution in [3.8, 4) is 0 Å². The Morgan fingerprint density at radius 1 is 1.06 bits per heavy atom. The highest BCUT2D eigenvalue weighted by Gasteiger charge is 2.65. The van der Waals surface area contributed by atoms with Crippen LogP contribution in [-0.4, -0.2) is 59.6 Å². The normalized spacial score (nSPS) is 30.8. The number of nitrogens with zero attached hydrogens (tertiary/aromatic N) is 2. The largest absolute Gasteiger partial charge is 0.389 e. The van der Waals surface area contributed by atoms with Gasteiger partial charge in [-0.2, -0.15) is 0 Å². The fourth-order valence-corrected chi connectivity index (χ4v) is 3.29. The number of piperidine rings is 1. The molecule has 1 aliphatic carbocycles. The molecule has 4 nitrogen and oxygen atoms in total. The number of aliphatic hydroxyl groups is 1. The van der Waals surface area contributed by atoms with Gasteiger partial charge in [-0.1, -0.05) is 0 Å². The first-order chi connectivity index (χ1) is 8.07. The smallest absolute Gasteiger partial charge is 0.231 e. The minimum atomic E-state index is -0.730. The molecule has 0 atom stereocenters. The summed E-state index contributed by atoms with van der Waals surface area (Å²) < 4.78 is 0. The van der Waals surface area contributed by atoms with Crippen molar-refractivity contribution in [2.24, 2.45) is 5.41 Å². The molecule has 1 saturated carbocycles. The summed E-state index contributed by atoms with van der Waals surface area (Å²) in [4.78, 5) is 16.6. The molecule has 3 rings (SSSR count). The molecule has 0 aromatic rings. The number of hydrogen-bond donors (Lipinski definition) is 1. The van der Waals surface area contributed by atoms with E-state index < -0.39 is 11.0 Å². The second-order valence-corrected chi connectivity index (χ2v) is 6.06. The molecular weight excluding hydrogens is 216 g/mol. The van der Waals surface area contributed by atoms with Gasteiger partial charge in [0.05, 0.1) is 11.0 Å². The van der Waals surface area contributed by atoms with Gasteiger partial charge in [-0.3, -0.25) is 4.79 Å². The van der Waals surface area contributed by atoms with Crippen LogP contribution in [0.4, 0.5) is 0 Å². The van der Waals surface area contributed by atoms with Gasteiger partial charge in [0, 0.05) is 26.2 Å². The van der Waals surface area contributed by atoms with E-state index in [0.29, 0.717) is 0 Å². The van der Waals surface area contributed by atoms with E-state index in [1.165, 1.54) is 0 Å². The number of carbonyl (C=O) groups excluding carboxylic acids is 1. The second kappa shape index (κ2) is 3.69. The average molecular weight is 238 g/mol. The molecule has 0 unspecified atom stereocenters. The zero-order chi connectivity index (χ0) is 12.1. The third-order valence-electron chi connectivity index (χ3n) is 5.01. The predicted octanol–water partition coefficient (Wildman–Crippen LogP) is 0.456. The molecular formula is C13H22N2O2. The van der Waals surface area contributed by atoms with Crippen LogP contribution < -0.4 is 0 Å². The van der Waals surface area contributed by atoms with Crippen LogP contribution in [0.3, 0.4) is 0 Å². The van der Waals surface area contributed by atoms with Crippen LogP contribution in [0.25, 0.3) is 0 Å². The van der Waals surface area contributed by atoms with Crippen molar-refractivity contribution in [1.29, 1.82) is 0 Å². The molecule has 1 amide bonds. The van der Waals surface area contributed by atoms with Crippen molar-refractivity contribution < 1.29 is 9.90 Å². The van der Waals surface area contributed by atoms with Gasteiger partial charge in [0.15, 0.2) is 0 Å². The molecule has 17 heavy (non-hydrogen) atoms. The van der Waals surface area contributed by atoms with E-state index in [-0.39, 0.29) is 5.91 Å². The summed E-state index contributed by atoms with van der Waals surface area (Å²) in [7, 11) is 2.08. The Labute approximate surface area is 103 Å². The highest BCUT2D eigenvalue weighted by atomic mass is 16.3. The lowest BCUT2D eigenvalue weighted by molar-refractivity contribution is -0.157. The standard InChI is InChI=1S/C13H22N2O2/c1-14-9-5-13(17,6-10-14)12(3-4-12)11(16)15-7-2-8-15/h17H,2-10H2,1H3. The zero-order valence-electron chi connectivity index (χ0n) is 10.6. The van der Waals surface area contributed by atoms with Gasteiger partial charge in [-0.05, 0) is 39.2 Å². The SMILES string of the molecule is CN1CCC(O)(C2(C(=O)N3CCC3)CC2)CC1. The maximum absolute atomic E-state index is 12.4. The Bertz CT molecular complexity index is 326. The maximum Gasteiger partial charge on any atom is 0.231 e. The van der Waals surface area contributed by atoms with Crippen molar-refractivity contribution in [3.05, 3.63) is 0 Å². The summed E-state index contributed by atoms with van der Waals surface area (Å²) in [6.07, 6.45) is 4.42. The molecule has 0 aromatic carbocycles. The molecule has 0 bridgehead atoms. The summed E-state index contributed by atoms with van der Waals surface area (Å²) >= 11 is 0. The van der Waals surface area contributed by atoms with Crippen LogP contribution in [0.2, 0.25) is 0 Å². The maximum atomic E-state index is 12.4. The summed E-state index contributed by atoms with van der Waals surface area (Å²) in [5.41, 5.74) is -1.14. The van der Waals surface area contributed by atoms with Crippen molar-refractivity contribution >= 4 is 5.91 Å². The van der Waals surface area contributed by atoms with Gasteiger partial charge in [-0.15, -0.1) is 0 Å². The van der Waals surface area contributed by atoms with Crippen LogP contribution in [0.15, 0.2) is 0 Å². The second-order valence-electron chi connectivity index (χ2n) is 6.06. The number of likely N-dealkylation sites (tertiary alicyclic amines) is 2. The molecule has 0 aromatic heterocycles. The Morgan fingerprint density at radius 3 is 2.06 bits per heavy atom. The average Bonchev–Trinajstić information content (AvgIpc) is 3.01. The molecule has 2 saturated heterocycles. The first-order valence-corrected chi connectivity index (χ1v) is 6.78. The van der Waals surface area contributed by atoms with E-state index in [4.69, 9.17) is 0 Å². The summed E-state index contributed by atoms with van der Waals surface area (Å²) in [5.74, 6) is 0.232. The monoisotopic (exact) mass is 238 g/mol. The molecule has 0 radical (unpaired) electrons. The van der Waals surface area contributed by atoms with E-state index in [1.54, 1.807) is 0 Å². The topological polar surface area (TPSA) is 43.8 Å². The molecule has 2 heterocycles.